The Bertz CT molecular complexity index is 487. The van der Waals surface area contributed by atoms with Gasteiger partial charge < -0.3 is 0 Å². The molecule has 4 nitrogen and oxygen atoms in total. The highest BCUT2D eigenvalue weighted by Gasteiger charge is 2.34. The molecule has 1 aromatic rings. The number of benzene rings is 1. The van der Waals surface area contributed by atoms with Crippen LogP contribution in [0.4, 0.5) is 14.5 Å². The molecule has 104 valence electrons. The molecule has 1 fully saturated rings. The van der Waals surface area contributed by atoms with Crippen molar-refractivity contribution in [2.45, 2.75) is 25.3 Å². The molecule has 0 radical (unpaired) electrons. The van der Waals surface area contributed by atoms with Gasteiger partial charge in [0, 0.05) is 49.1 Å². The number of hydrogen-bond acceptors (Lipinski definition) is 3. The molecule has 0 bridgehead atoms. The first kappa shape index (κ1) is 14.3. The van der Waals surface area contributed by atoms with Gasteiger partial charge in [0.2, 0.25) is 0 Å². The van der Waals surface area contributed by atoms with E-state index in [0.29, 0.717) is 19.6 Å². The lowest BCUT2D eigenvalue weighted by Gasteiger charge is -2.31. The van der Waals surface area contributed by atoms with E-state index in [9.17, 15) is 18.9 Å². The first-order valence-corrected chi connectivity index (χ1v) is 6.70. The van der Waals surface area contributed by atoms with Crippen LogP contribution in [0.5, 0.6) is 0 Å². The summed E-state index contributed by atoms with van der Waals surface area (Å²) in [5.74, 6) is -2.57. The minimum Gasteiger partial charge on any atom is -0.299 e. The van der Waals surface area contributed by atoms with Crippen molar-refractivity contribution in [3.8, 4) is 0 Å². The Morgan fingerprint density at radius 3 is 2.58 bits per heavy atom. The average Bonchev–Trinajstić information content (AvgIpc) is 2.34. The van der Waals surface area contributed by atoms with Crippen LogP contribution in [-0.2, 0) is 6.54 Å². The second-order valence-electron chi connectivity index (χ2n) is 4.66. The number of nitrogens with zero attached hydrogens (tertiary/aromatic N) is 2. The quantitative estimate of drug-likeness (QED) is 0.626. The number of alkyl halides is 2. The number of likely N-dealkylation sites (tertiary alicyclic amines) is 1. The normalized spacial score (nSPS) is 19.3. The summed E-state index contributed by atoms with van der Waals surface area (Å²) in [5.41, 5.74) is 0.764. The molecule has 0 saturated carbocycles. The fourth-order valence-electron chi connectivity index (χ4n) is 2.08. The first-order valence-electron chi connectivity index (χ1n) is 5.90. The number of piperidine rings is 1. The Hall–Kier alpha value is -1.08. The second kappa shape index (κ2) is 5.50. The molecule has 1 aromatic carbocycles. The van der Waals surface area contributed by atoms with Gasteiger partial charge in [0.15, 0.2) is 0 Å². The average molecular weight is 335 g/mol. The summed E-state index contributed by atoms with van der Waals surface area (Å²) in [7, 11) is 0. The number of halogens is 3. The second-order valence-corrected chi connectivity index (χ2v) is 5.52. The lowest BCUT2D eigenvalue weighted by atomic mass is 10.1. The summed E-state index contributed by atoms with van der Waals surface area (Å²) in [6.07, 6.45) is -0.306. The lowest BCUT2D eigenvalue weighted by Crippen LogP contribution is -2.38. The van der Waals surface area contributed by atoms with Crippen LogP contribution < -0.4 is 0 Å². The molecule has 1 saturated heterocycles. The standard InChI is InChI=1S/C12H13BrF2N2O2/c13-11-2-1-10(17(18)19)7-9(11)8-16-5-3-12(14,15)4-6-16/h1-2,7H,3-6,8H2. The topological polar surface area (TPSA) is 46.4 Å². The monoisotopic (exact) mass is 334 g/mol. The number of nitro benzene ring substituents is 1. The van der Waals surface area contributed by atoms with Crippen LogP contribution in [0.2, 0.25) is 0 Å². The van der Waals surface area contributed by atoms with Crippen LogP contribution >= 0.6 is 15.9 Å². The third kappa shape index (κ3) is 3.70. The van der Waals surface area contributed by atoms with E-state index in [0.717, 1.165) is 10.0 Å². The molecule has 0 aliphatic carbocycles. The molecule has 0 spiro atoms. The smallest absolute Gasteiger partial charge is 0.269 e. The predicted molar refractivity (Wildman–Crippen MR) is 70.3 cm³/mol. The van der Waals surface area contributed by atoms with E-state index in [-0.39, 0.29) is 18.5 Å². The maximum absolute atomic E-state index is 13.0. The molecule has 0 atom stereocenters. The predicted octanol–water partition coefficient (Wildman–Crippen LogP) is 3.59. The van der Waals surface area contributed by atoms with Gasteiger partial charge in [-0.2, -0.15) is 0 Å². The molecule has 0 aromatic heterocycles. The molecule has 0 N–H and O–H groups in total. The van der Waals surface area contributed by atoms with Gasteiger partial charge in [-0.05, 0) is 11.6 Å². The molecule has 0 unspecified atom stereocenters. The molecular weight excluding hydrogens is 322 g/mol. The highest BCUT2D eigenvalue weighted by atomic mass is 79.9. The van der Waals surface area contributed by atoms with E-state index in [1.54, 1.807) is 6.07 Å². The van der Waals surface area contributed by atoms with Crippen molar-refractivity contribution >= 4 is 21.6 Å². The van der Waals surface area contributed by atoms with Crippen molar-refractivity contribution in [3.05, 3.63) is 38.3 Å². The summed E-state index contributed by atoms with van der Waals surface area (Å²) in [4.78, 5) is 12.2. The maximum atomic E-state index is 13.0. The minimum atomic E-state index is -2.57. The van der Waals surface area contributed by atoms with Gasteiger partial charge in [-0.15, -0.1) is 0 Å². The highest BCUT2D eigenvalue weighted by molar-refractivity contribution is 9.10. The van der Waals surface area contributed by atoms with E-state index in [1.165, 1.54) is 12.1 Å². The fourth-order valence-corrected chi connectivity index (χ4v) is 2.45. The van der Waals surface area contributed by atoms with Gasteiger partial charge in [-0.25, -0.2) is 8.78 Å². The Balaban J connectivity index is 2.07. The van der Waals surface area contributed by atoms with E-state index in [4.69, 9.17) is 0 Å². The lowest BCUT2D eigenvalue weighted by molar-refractivity contribution is -0.384. The number of rotatable bonds is 3. The molecule has 19 heavy (non-hydrogen) atoms. The number of nitro groups is 1. The van der Waals surface area contributed by atoms with Crippen LogP contribution in [0.1, 0.15) is 18.4 Å². The van der Waals surface area contributed by atoms with E-state index in [1.807, 2.05) is 4.90 Å². The summed E-state index contributed by atoms with van der Waals surface area (Å²) in [6, 6.07) is 4.51. The van der Waals surface area contributed by atoms with Gasteiger partial charge in [0.25, 0.3) is 11.6 Å². The van der Waals surface area contributed by atoms with Gasteiger partial charge in [0.05, 0.1) is 4.92 Å². The molecule has 0 amide bonds. The molecule has 1 aliphatic heterocycles. The Morgan fingerprint density at radius 1 is 1.37 bits per heavy atom. The summed E-state index contributed by atoms with van der Waals surface area (Å²) in [5, 5.41) is 10.7. The number of hydrogen-bond donors (Lipinski definition) is 0. The van der Waals surface area contributed by atoms with E-state index < -0.39 is 10.8 Å². The van der Waals surface area contributed by atoms with Gasteiger partial charge >= 0.3 is 0 Å². The van der Waals surface area contributed by atoms with Crippen molar-refractivity contribution in [2.24, 2.45) is 0 Å². The maximum Gasteiger partial charge on any atom is 0.269 e. The van der Waals surface area contributed by atoms with Crippen LogP contribution in [0, 0.1) is 10.1 Å². The summed E-state index contributed by atoms with van der Waals surface area (Å²) < 4.78 is 26.8. The zero-order chi connectivity index (χ0) is 14.0. The third-order valence-corrected chi connectivity index (χ3v) is 4.00. The number of non-ortho nitro benzene ring substituents is 1. The first-order chi connectivity index (χ1) is 8.87. The van der Waals surface area contributed by atoms with Crippen LogP contribution in [0.3, 0.4) is 0 Å². The Kier molecular flexibility index (Phi) is 4.15. The largest absolute Gasteiger partial charge is 0.299 e. The van der Waals surface area contributed by atoms with E-state index in [2.05, 4.69) is 15.9 Å². The van der Waals surface area contributed by atoms with Crippen LogP contribution in [-0.4, -0.2) is 28.8 Å². The minimum absolute atomic E-state index is 0.0144. The fraction of sp³-hybridized carbons (Fsp3) is 0.500. The van der Waals surface area contributed by atoms with Crippen LogP contribution in [0.25, 0.3) is 0 Å². The van der Waals surface area contributed by atoms with Gasteiger partial charge in [-0.1, -0.05) is 15.9 Å². The molecule has 2 rings (SSSR count). The SMILES string of the molecule is O=[N+]([O-])c1ccc(Br)c(CN2CCC(F)(F)CC2)c1. The third-order valence-electron chi connectivity index (χ3n) is 3.22. The van der Waals surface area contributed by atoms with Crippen LogP contribution in [0.15, 0.2) is 22.7 Å². The summed E-state index contributed by atoms with van der Waals surface area (Å²) >= 11 is 3.33. The Morgan fingerprint density at radius 2 is 2.00 bits per heavy atom. The molecular formula is C12H13BrF2N2O2. The molecule has 1 heterocycles. The van der Waals surface area contributed by atoms with Crippen molar-refractivity contribution < 1.29 is 13.7 Å². The van der Waals surface area contributed by atoms with Gasteiger partial charge in [0.1, 0.15) is 0 Å². The van der Waals surface area contributed by atoms with Crippen molar-refractivity contribution in [3.63, 3.8) is 0 Å². The highest BCUT2D eigenvalue weighted by Crippen LogP contribution is 2.30. The van der Waals surface area contributed by atoms with Crippen molar-refractivity contribution in [1.82, 2.24) is 4.90 Å². The zero-order valence-corrected chi connectivity index (χ0v) is 11.7. The van der Waals surface area contributed by atoms with Crippen molar-refractivity contribution in [1.29, 1.82) is 0 Å². The summed E-state index contributed by atoms with van der Waals surface area (Å²) in [6.45, 7) is 1.06. The van der Waals surface area contributed by atoms with Crippen molar-refractivity contribution in [2.75, 3.05) is 13.1 Å². The van der Waals surface area contributed by atoms with Gasteiger partial charge in [-0.3, -0.25) is 15.0 Å². The Labute approximate surface area is 117 Å². The zero-order valence-electron chi connectivity index (χ0n) is 10.1. The molecule has 7 heteroatoms. The molecule has 1 aliphatic rings. The van der Waals surface area contributed by atoms with E-state index >= 15 is 0 Å².